The first-order valence-electron chi connectivity index (χ1n) is 16.7. The van der Waals surface area contributed by atoms with Crippen LogP contribution in [0.1, 0.15) is 59.1 Å². The van der Waals surface area contributed by atoms with Crippen LogP contribution in [-0.2, 0) is 18.9 Å². The smallest absolute Gasteiger partial charge is 0.421 e. The number of hydrogen-bond donors (Lipinski definition) is 1. The number of ether oxygens (including phenoxy) is 2. The first kappa shape index (κ1) is 38.3. The summed E-state index contributed by atoms with van der Waals surface area (Å²) in [5.74, 6) is -0.804. The van der Waals surface area contributed by atoms with Crippen molar-refractivity contribution in [2.45, 2.75) is 65.4 Å². The van der Waals surface area contributed by atoms with E-state index in [0.717, 1.165) is 42.6 Å². The highest BCUT2D eigenvalue weighted by atomic mass is 19.4. The van der Waals surface area contributed by atoms with Gasteiger partial charge in [-0.3, -0.25) is 4.90 Å². The number of nitrogens with one attached hydrogen (secondary N) is 1. The normalized spacial score (nSPS) is 13.9. The fourth-order valence-electron chi connectivity index (χ4n) is 6.04. The van der Waals surface area contributed by atoms with E-state index in [1.54, 1.807) is 26.0 Å². The van der Waals surface area contributed by atoms with Crippen molar-refractivity contribution in [2.75, 3.05) is 36.5 Å². The van der Waals surface area contributed by atoms with E-state index >= 15 is 0 Å². The number of likely N-dealkylation sites (tertiary alicyclic amines) is 1. The van der Waals surface area contributed by atoms with Crippen molar-refractivity contribution < 1.29 is 45.0 Å². The standard InChI is InChI=1S/C37H38F7N5O3/c1-23-16-24(2)33(25(3)17-23)52-35(50)49(22-26-18-27(36(39,40)41)20-28(19-26)37(42,43)44)32-10-11-45-34(47-32)46-29-8-9-31(30(38)21-29)51-15-7-14-48-12-5-4-6-13-48/h8-11,16-21H,4-7,12-15,22H2,1-3H3,(H,45,46,47). The van der Waals surface area contributed by atoms with Crippen LogP contribution in [0.5, 0.6) is 11.5 Å². The van der Waals surface area contributed by atoms with Crippen LogP contribution >= 0.6 is 0 Å². The quantitative estimate of drug-likeness (QED) is 0.122. The lowest BCUT2D eigenvalue weighted by Crippen LogP contribution is -2.34. The fourth-order valence-corrected chi connectivity index (χ4v) is 6.04. The molecule has 278 valence electrons. The SMILES string of the molecule is Cc1cc(C)c(OC(=O)N(Cc2cc(C(F)(F)F)cc(C(F)(F)F)c2)c2ccnc(Nc3ccc(OCCCN4CCCCC4)c(F)c3)n2)c(C)c1. The Labute approximate surface area is 296 Å². The second-order valence-corrected chi connectivity index (χ2v) is 12.7. The third-order valence-corrected chi connectivity index (χ3v) is 8.43. The highest BCUT2D eigenvalue weighted by molar-refractivity contribution is 5.88. The molecule has 15 heteroatoms. The Morgan fingerprint density at radius 1 is 0.885 bits per heavy atom. The lowest BCUT2D eigenvalue weighted by atomic mass is 10.0. The Bertz CT molecular complexity index is 1820. The number of amides is 1. The zero-order chi connectivity index (χ0) is 37.6. The molecule has 1 aliphatic heterocycles. The Hall–Kier alpha value is -4.92. The molecule has 1 N–H and O–H groups in total. The number of aromatic nitrogens is 2. The highest BCUT2D eigenvalue weighted by Crippen LogP contribution is 2.37. The van der Waals surface area contributed by atoms with Gasteiger partial charge in [-0.15, -0.1) is 0 Å². The van der Waals surface area contributed by atoms with Gasteiger partial charge in [0, 0.05) is 24.5 Å². The molecule has 0 atom stereocenters. The fraction of sp³-hybridized carbons (Fsp3) is 0.378. The summed E-state index contributed by atoms with van der Waals surface area (Å²) in [7, 11) is 0. The van der Waals surface area contributed by atoms with Gasteiger partial charge in [0.1, 0.15) is 11.6 Å². The molecule has 0 spiro atoms. The van der Waals surface area contributed by atoms with Crippen molar-refractivity contribution >= 4 is 23.5 Å². The molecule has 1 aromatic heterocycles. The number of hydrogen-bond acceptors (Lipinski definition) is 7. The van der Waals surface area contributed by atoms with Gasteiger partial charge in [0.25, 0.3) is 0 Å². The maximum Gasteiger partial charge on any atom is 0.421 e. The summed E-state index contributed by atoms with van der Waals surface area (Å²) in [5, 5.41) is 2.81. The Kier molecular flexibility index (Phi) is 11.9. The summed E-state index contributed by atoms with van der Waals surface area (Å²) in [6, 6.07) is 9.91. The lowest BCUT2D eigenvalue weighted by Gasteiger charge is -2.26. The van der Waals surface area contributed by atoms with Crippen LogP contribution in [-0.4, -0.2) is 47.2 Å². The van der Waals surface area contributed by atoms with Crippen LogP contribution in [0, 0.1) is 26.6 Å². The number of halogens is 7. The third kappa shape index (κ3) is 10.1. The largest absolute Gasteiger partial charge is 0.490 e. The van der Waals surface area contributed by atoms with Gasteiger partial charge in [-0.25, -0.2) is 14.2 Å². The Morgan fingerprint density at radius 3 is 2.15 bits per heavy atom. The van der Waals surface area contributed by atoms with Crippen LogP contribution in [0.25, 0.3) is 0 Å². The van der Waals surface area contributed by atoms with Gasteiger partial charge in [0.05, 0.1) is 24.3 Å². The molecule has 0 saturated carbocycles. The second-order valence-electron chi connectivity index (χ2n) is 12.7. The average Bonchev–Trinajstić information content (AvgIpc) is 3.07. The molecule has 1 saturated heterocycles. The van der Waals surface area contributed by atoms with Crippen LogP contribution in [0.15, 0.2) is 60.8 Å². The minimum atomic E-state index is -5.10. The molecular formula is C37H38F7N5O3. The molecule has 0 radical (unpaired) electrons. The monoisotopic (exact) mass is 733 g/mol. The van der Waals surface area contributed by atoms with E-state index in [-0.39, 0.29) is 35.0 Å². The zero-order valence-electron chi connectivity index (χ0n) is 28.8. The van der Waals surface area contributed by atoms with E-state index in [9.17, 15) is 35.5 Å². The van der Waals surface area contributed by atoms with Crippen LogP contribution < -0.4 is 19.7 Å². The summed E-state index contributed by atoms with van der Waals surface area (Å²) >= 11 is 0. The maximum atomic E-state index is 15.0. The number of aryl methyl sites for hydroxylation is 3. The average molecular weight is 734 g/mol. The van der Waals surface area contributed by atoms with Gasteiger partial charge in [-0.2, -0.15) is 31.3 Å². The van der Waals surface area contributed by atoms with E-state index in [4.69, 9.17) is 9.47 Å². The first-order chi connectivity index (χ1) is 24.6. The predicted octanol–water partition coefficient (Wildman–Crippen LogP) is 9.78. The molecule has 5 rings (SSSR count). The number of carbonyl (C=O) groups excluding carboxylic acids is 1. The number of piperidine rings is 1. The van der Waals surface area contributed by atoms with Crippen molar-refractivity contribution in [3.63, 3.8) is 0 Å². The Balaban J connectivity index is 1.39. The third-order valence-electron chi connectivity index (χ3n) is 8.43. The lowest BCUT2D eigenvalue weighted by molar-refractivity contribution is -0.143. The topological polar surface area (TPSA) is 79.8 Å². The van der Waals surface area contributed by atoms with Crippen molar-refractivity contribution in [3.05, 3.63) is 100.0 Å². The van der Waals surface area contributed by atoms with Gasteiger partial charge < -0.3 is 19.7 Å². The molecule has 2 heterocycles. The van der Waals surface area contributed by atoms with Gasteiger partial charge in [-0.1, -0.05) is 24.1 Å². The zero-order valence-corrected chi connectivity index (χ0v) is 28.8. The molecule has 3 aromatic carbocycles. The molecule has 52 heavy (non-hydrogen) atoms. The summed E-state index contributed by atoms with van der Waals surface area (Å²) in [4.78, 5) is 25.3. The van der Waals surface area contributed by atoms with Crippen molar-refractivity contribution in [1.82, 2.24) is 14.9 Å². The van der Waals surface area contributed by atoms with E-state index in [1.807, 2.05) is 6.92 Å². The maximum absolute atomic E-state index is 15.0. The number of carbonyl (C=O) groups is 1. The number of rotatable bonds is 11. The Morgan fingerprint density at radius 2 is 1.54 bits per heavy atom. The molecule has 0 unspecified atom stereocenters. The number of nitrogens with zero attached hydrogens (tertiary/aromatic N) is 4. The minimum absolute atomic E-state index is 0.00297. The van der Waals surface area contributed by atoms with E-state index in [1.165, 1.54) is 43.7 Å². The molecule has 4 aromatic rings. The molecule has 1 amide bonds. The minimum Gasteiger partial charge on any atom is -0.490 e. The second kappa shape index (κ2) is 16.2. The van der Waals surface area contributed by atoms with Crippen LogP contribution in [0.2, 0.25) is 0 Å². The molecule has 0 aliphatic carbocycles. The number of anilines is 3. The summed E-state index contributed by atoms with van der Waals surface area (Å²) < 4.78 is 108. The van der Waals surface area contributed by atoms with E-state index < -0.39 is 47.5 Å². The summed E-state index contributed by atoms with van der Waals surface area (Å²) in [6.45, 7) is 7.71. The molecular weight excluding hydrogens is 695 g/mol. The predicted molar refractivity (Wildman–Crippen MR) is 181 cm³/mol. The van der Waals surface area contributed by atoms with Gasteiger partial charge in [0.2, 0.25) is 5.95 Å². The highest BCUT2D eigenvalue weighted by Gasteiger charge is 2.37. The molecule has 8 nitrogen and oxygen atoms in total. The molecule has 1 fully saturated rings. The van der Waals surface area contributed by atoms with Crippen LogP contribution in [0.4, 0.5) is 53.0 Å². The summed E-state index contributed by atoms with van der Waals surface area (Å²) in [5.41, 5.74) is -1.34. The summed E-state index contributed by atoms with van der Waals surface area (Å²) in [6.07, 6.45) is -5.80. The van der Waals surface area contributed by atoms with Gasteiger partial charge >= 0.3 is 18.4 Å². The number of benzene rings is 3. The van der Waals surface area contributed by atoms with E-state index in [0.29, 0.717) is 29.9 Å². The van der Waals surface area contributed by atoms with Gasteiger partial charge in [0.15, 0.2) is 11.6 Å². The first-order valence-corrected chi connectivity index (χ1v) is 16.7. The van der Waals surface area contributed by atoms with Gasteiger partial charge in [-0.05, 0) is 106 Å². The van der Waals surface area contributed by atoms with Crippen molar-refractivity contribution in [2.24, 2.45) is 0 Å². The number of alkyl halides is 6. The van der Waals surface area contributed by atoms with E-state index in [2.05, 4.69) is 20.2 Å². The molecule has 0 bridgehead atoms. The molecule has 1 aliphatic rings. The van der Waals surface area contributed by atoms with Crippen molar-refractivity contribution in [3.8, 4) is 11.5 Å². The van der Waals surface area contributed by atoms with Crippen molar-refractivity contribution in [1.29, 1.82) is 0 Å². The van der Waals surface area contributed by atoms with Crippen LogP contribution in [0.3, 0.4) is 0 Å².